The number of carbonyl (C=O) groups is 1. The van der Waals surface area contributed by atoms with E-state index in [1.807, 2.05) is 20.8 Å². The van der Waals surface area contributed by atoms with Gasteiger partial charge in [0.1, 0.15) is 11.6 Å². The van der Waals surface area contributed by atoms with Crippen molar-refractivity contribution >= 4 is 22.4 Å². The molecule has 0 radical (unpaired) electrons. The fourth-order valence-corrected chi connectivity index (χ4v) is 2.88. The quantitative estimate of drug-likeness (QED) is 0.676. The molecule has 0 aliphatic rings. The maximum absolute atomic E-state index is 12.6. The van der Waals surface area contributed by atoms with Crippen molar-refractivity contribution in [3.05, 3.63) is 22.7 Å². The Bertz CT molecular complexity index is 708. The second kappa shape index (κ2) is 9.93. The van der Waals surface area contributed by atoms with E-state index in [0.29, 0.717) is 59.4 Å². The summed E-state index contributed by atoms with van der Waals surface area (Å²) in [6.07, 6.45) is 0. The largest absolute Gasteiger partial charge is 0.490 e. The van der Waals surface area contributed by atoms with E-state index >= 15 is 0 Å². The average molecular weight is 381 g/mol. The predicted molar refractivity (Wildman–Crippen MR) is 98.5 cm³/mol. The van der Waals surface area contributed by atoms with Crippen LogP contribution in [-0.4, -0.2) is 43.0 Å². The molecule has 8 nitrogen and oxygen atoms in total. The van der Waals surface area contributed by atoms with Crippen molar-refractivity contribution < 1.29 is 23.7 Å². The van der Waals surface area contributed by atoms with Gasteiger partial charge in [-0.3, -0.25) is 10.1 Å². The van der Waals surface area contributed by atoms with E-state index < -0.39 is 0 Å². The summed E-state index contributed by atoms with van der Waals surface area (Å²) in [7, 11) is 1.57. The van der Waals surface area contributed by atoms with Crippen molar-refractivity contribution in [2.45, 2.75) is 27.4 Å². The Kier molecular flexibility index (Phi) is 7.61. The van der Waals surface area contributed by atoms with E-state index in [9.17, 15) is 4.79 Å². The number of methoxy groups -OCH3 is 1. The third-order valence-corrected chi connectivity index (χ3v) is 3.94. The Morgan fingerprint density at radius 3 is 2.19 bits per heavy atom. The van der Waals surface area contributed by atoms with Crippen LogP contribution >= 0.6 is 11.3 Å². The van der Waals surface area contributed by atoms with E-state index in [0.717, 1.165) is 0 Å². The van der Waals surface area contributed by atoms with Crippen LogP contribution in [0.15, 0.2) is 12.1 Å². The lowest BCUT2D eigenvalue weighted by Crippen LogP contribution is -2.13. The maximum atomic E-state index is 12.6. The molecule has 9 heteroatoms. The number of carbonyl (C=O) groups excluding carboxylic acids is 1. The number of ether oxygens (including phenoxy) is 4. The summed E-state index contributed by atoms with van der Waals surface area (Å²) in [5.41, 5.74) is 0.379. The fraction of sp³-hybridized carbons (Fsp3) is 0.471. The molecule has 0 aliphatic carbocycles. The van der Waals surface area contributed by atoms with Crippen molar-refractivity contribution in [1.29, 1.82) is 0 Å². The van der Waals surface area contributed by atoms with Crippen LogP contribution in [0, 0.1) is 0 Å². The van der Waals surface area contributed by atoms with Crippen LogP contribution in [-0.2, 0) is 11.3 Å². The van der Waals surface area contributed by atoms with E-state index in [1.165, 1.54) is 11.3 Å². The highest BCUT2D eigenvalue weighted by molar-refractivity contribution is 7.15. The monoisotopic (exact) mass is 381 g/mol. The van der Waals surface area contributed by atoms with Crippen molar-refractivity contribution in [2.75, 3.05) is 32.2 Å². The second-order valence-corrected chi connectivity index (χ2v) is 6.05. The molecule has 1 aromatic carbocycles. The van der Waals surface area contributed by atoms with Gasteiger partial charge in [0.05, 0.1) is 19.8 Å². The number of hydrogen-bond donors (Lipinski definition) is 1. The zero-order valence-electron chi connectivity index (χ0n) is 15.3. The van der Waals surface area contributed by atoms with Crippen LogP contribution < -0.4 is 19.5 Å². The van der Waals surface area contributed by atoms with Crippen LogP contribution in [0.1, 0.15) is 36.1 Å². The molecule has 0 saturated heterocycles. The Morgan fingerprint density at radius 1 is 1.04 bits per heavy atom. The van der Waals surface area contributed by atoms with Crippen LogP contribution in [0.3, 0.4) is 0 Å². The lowest BCUT2D eigenvalue weighted by Gasteiger charge is -2.16. The maximum Gasteiger partial charge on any atom is 0.257 e. The third-order valence-electron chi connectivity index (χ3n) is 3.13. The van der Waals surface area contributed by atoms with Gasteiger partial charge >= 0.3 is 0 Å². The molecule has 0 fully saturated rings. The van der Waals surface area contributed by atoms with Crippen LogP contribution in [0.4, 0.5) is 5.13 Å². The highest BCUT2D eigenvalue weighted by Gasteiger charge is 2.19. The SMILES string of the molecule is CCOc1cc(C(=O)Nc2nnc(COC)s2)cc(OCC)c1OCC. The molecule has 1 N–H and O–H groups in total. The molecular formula is C17H23N3O5S. The summed E-state index contributed by atoms with van der Waals surface area (Å²) in [5, 5.41) is 11.7. The topological polar surface area (TPSA) is 91.8 Å². The van der Waals surface area contributed by atoms with E-state index in [4.69, 9.17) is 18.9 Å². The highest BCUT2D eigenvalue weighted by Crippen LogP contribution is 2.39. The van der Waals surface area contributed by atoms with Gasteiger partial charge in [0.25, 0.3) is 5.91 Å². The molecule has 0 bridgehead atoms. The Morgan fingerprint density at radius 2 is 1.65 bits per heavy atom. The van der Waals surface area contributed by atoms with Gasteiger partial charge < -0.3 is 18.9 Å². The minimum absolute atomic E-state index is 0.338. The van der Waals surface area contributed by atoms with Crippen molar-refractivity contribution in [1.82, 2.24) is 10.2 Å². The predicted octanol–water partition coefficient (Wildman–Crippen LogP) is 3.13. The van der Waals surface area contributed by atoms with Crippen molar-refractivity contribution in [3.8, 4) is 17.2 Å². The summed E-state index contributed by atoms with van der Waals surface area (Å²) < 4.78 is 21.9. The Balaban J connectivity index is 2.29. The van der Waals surface area contributed by atoms with Crippen LogP contribution in [0.2, 0.25) is 0 Å². The molecule has 0 atom stereocenters. The molecule has 0 spiro atoms. The van der Waals surface area contributed by atoms with Gasteiger partial charge in [-0.1, -0.05) is 11.3 Å². The summed E-state index contributed by atoms with van der Waals surface area (Å²) in [6, 6.07) is 3.26. The number of amides is 1. The normalized spacial score (nSPS) is 10.5. The Labute approximate surface area is 156 Å². The number of nitrogens with one attached hydrogen (secondary N) is 1. The van der Waals surface area contributed by atoms with Crippen LogP contribution in [0.5, 0.6) is 17.2 Å². The summed E-state index contributed by atoms with van der Waals surface area (Å²) in [6.45, 7) is 7.28. The lowest BCUT2D eigenvalue weighted by atomic mass is 10.1. The lowest BCUT2D eigenvalue weighted by molar-refractivity contribution is 0.102. The zero-order valence-corrected chi connectivity index (χ0v) is 16.1. The summed E-state index contributed by atoms with van der Waals surface area (Å²) in [4.78, 5) is 12.6. The van der Waals surface area contributed by atoms with E-state index in [1.54, 1.807) is 19.2 Å². The molecule has 1 heterocycles. The molecule has 2 aromatic rings. The second-order valence-electron chi connectivity index (χ2n) is 4.99. The molecule has 0 saturated carbocycles. The number of hydrogen-bond acceptors (Lipinski definition) is 8. The molecule has 0 aliphatic heterocycles. The molecule has 1 amide bonds. The smallest absolute Gasteiger partial charge is 0.257 e. The number of nitrogens with zero attached hydrogens (tertiary/aromatic N) is 2. The van der Waals surface area contributed by atoms with Crippen molar-refractivity contribution in [2.24, 2.45) is 0 Å². The summed E-state index contributed by atoms with van der Waals surface area (Å²) in [5.74, 6) is 1.08. The molecule has 0 unspecified atom stereocenters. The van der Waals surface area contributed by atoms with Crippen molar-refractivity contribution in [3.63, 3.8) is 0 Å². The number of benzene rings is 1. The fourth-order valence-electron chi connectivity index (χ4n) is 2.17. The van der Waals surface area contributed by atoms with Gasteiger partial charge in [0, 0.05) is 12.7 Å². The number of anilines is 1. The first-order valence-electron chi connectivity index (χ1n) is 8.31. The third kappa shape index (κ3) is 5.06. The molecule has 26 heavy (non-hydrogen) atoms. The minimum Gasteiger partial charge on any atom is -0.490 e. The van der Waals surface area contributed by atoms with Gasteiger partial charge in [-0.25, -0.2) is 0 Å². The highest BCUT2D eigenvalue weighted by atomic mass is 32.1. The molecule has 1 aromatic heterocycles. The average Bonchev–Trinajstić information content (AvgIpc) is 3.05. The Hall–Kier alpha value is -2.39. The van der Waals surface area contributed by atoms with E-state index in [-0.39, 0.29) is 5.91 Å². The van der Waals surface area contributed by atoms with Gasteiger partial charge in [0.2, 0.25) is 10.9 Å². The number of rotatable bonds is 10. The molecule has 2 rings (SSSR count). The van der Waals surface area contributed by atoms with Gasteiger partial charge in [0.15, 0.2) is 11.5 Å². The standard InChI is InChI=1S/C17H23N3O5S/c1-5-23-12-8-11(9-13(24-6-2)15(12)25-7-3)16(21)18-17-20-19-14(26-17)10-22-4/h8-9H,5-7,10H2,1-4H3,(H,18,20,21). The minimum atomic E-state index is -0.338. The first kappa shape index (κ1) is 19.9. The first-order chi connectivity index (χ1) is 12.6. The van der Waals surface area contributed by atoms with Crippen LogP contribution in [0.25, 0.3) is 0 Å². The van der Waals surface area contributed by atoms with Gasteiger partial charge in [-0.15, -0.1) is 10.2 Å². The van der Waals surface area contributed by atoms with Gasteiger partial charge in [-0.2, -0.15) is 0 Å². The summed E-state index contributed by atoms with van der Waals surface area (Å²) >= 11 is 1.25. The molecule has 142 valence electrons. The zero-order chi connectivity index (χ0) is 18.9. The van der Waals surface area contributed by atoms with Gasteiger partial charge in [-0.05, 0) is 32.9 Å². The van der Waals surface area contributed by atoms with E-state index in [2.05, 4.69) is 15.5 Å². The first-order valence-corrected chi connectivity index (χ1v) is 9.13. The number of aromatic nitrogens is 2. The molecular weight excluding hydrogens is 358 g/mol.